The maximum Gasteiger partial charge on any atom is 2.00 e. The van der Waals surface area contributed by atoms with E-state index in [-0.39, 0.29) is 61.7 Å². The summed E-state index contributed by atoms with van der Waals surface area (Å²) in [5, 5.41) is 22.8. The van der Waals surface area contributed by atoms with Crippen LogP contribution in [0.3, 0.4) is 0 Å². The molecule has 142 valence electrons. The van der Waals surface area contributed by atoms with Crippen molar-refractivity contribution in [3.63, 3.8) is 0 Å². The van der Waals surface area contributed by atoms with Gasteiger partial charge in [0.25, 0.3) is 0 Å². The monoisotopic (exact) mass is 478 g/mol. The van der Waals surface area contributed by atoms with Crippen LogP contribution in [-0.2, 0) is 9.59 Å². The Hall–Kier alpha value is 0.511. The molecule has 0 heterocycles. The molecular formula is C20H36BaO4. The fourth-order valence-corrected chi connectivity index (χ4v) is 3.21. The first kappa shape index (κ1) is 27.7. The first-order valence-corrected chi connectivity index (χ1v) is 9.94. The van der Waals surface area contributed by atoms with Gasteiger partial charge >= 0.3 is 48.9 Å². The molecule has 4 nitrogen and oxygen atoms in total. The third-order valence-electron chi connectivity index (χ3n) is 4.95. The molecule has 0 amide bonds. The van der Waals surface area contributed by atoms with Gasteiger partial charge < -0.3 is 19.8 Å². The molecular weight excluding hydrogens is 442 g/mol. The van der Waals surface area contributed by atoms with Crippen LogP contribution in [0.5, 0.6) is 0 Å². The van der Waals surface area contributed by atoms with Gasteiger partial charge in [-0.3, -0.25) is 0 Å². The van der Waals surface area contributed by atoms with E-state index >= 15 is 0 Å². The Balaban J connectivity index is 0. The van der Waals surface area contributed by atoms with Crippen molar-refractivity contribution >= 4 is 60.8 Å². The standard InChI is InChI=1S/C20H38O4.Ba/c1-3-5-7-8-9-10-11-12-13-15-17-20(18(21)22,19(23)24)16-14-6-4-2;/h3-17H2,1-2H3,(H,21,22)(H,23,24);/q;+2/p-2. The minimum absolute atomic E-state index is 0. The smallest absolute Gasteiger partial charge is 0.549 e. The number of hydrogen-bond acceptors (Lipinski definition) is 4. The Morgan fingerprint density at radius 2 is 0.880 bits per heavy atom. The zero-order valence-electron chi connectivity index (χ0n) is 16.4. The molecule has 0 radical (unpaired) electrons. The fraction of sp³-hybridized carbons (Fsp3) is 0.900. The van der Waals surface area contributed by atoms with E-state index in [1.165, 1.54) is 38.5 Å². The second-order valence-corrected chi connectivity index (χ2v) is 7.05. The summed E-state index contributed by atoms with van der Waals surface area (Å²) in [6.07, 6.45) is 14.0. The summed E-state index contributed by atoms with van der Waals surface area (Å²) in [5.74, 6) is -2.95. The summed E-state index contributed by atoms with van der Waals surface area (Å²) in [6, 6.07) is 0. The van der Waals surface area contributed by atoms with E-state index < -0.39 is 17.4 Å². The second kappa shape index (κ2) is 17.9. The van der Waals surface area contributed by atoms with E-state index in [2.05, 4.69) is 6.92 Å². The quantitative estimate of drug-likeness (QED) is 0.183. The van der Waals surface area contributed by atoms with E-state index in [9.17, 15) is 19.8 Å². The molecule has 0 rings (SSSR count). The number of unbranched alkanes of at least 4 members (excludes halogenated alkanes) is 11. The molecule has 0 N–H and O–H groups in total. The van der Waals surface area contributed by atoms with E-state index in [4.69, 9.17) is 0 Å². The van der Waals surface area contributed by atoms with Gasteiger partial charge in [-0.1, -0.05) is 97.3 Å². The Bertz CT molecular complexity index is 331. The van der Waals surface area contributed by atoms with E-state index in [1.54, 1.807) is 0 Å². The van der Waals surface area contributed by atoms with Gasteiger partial charge in [0.1, 0.15) is 0 Å². The van der Waals surface area contributed by atoms with Crippen LogP contribution in [0.4, 0.5) is 0 Å². The number of carboxylic acids is 2. The molecule has 0 aliphatic carbocycles. The van der Waals surface area contributed by atoms with E-state index in [1.807, 2.05) is 6.92 Å². The zero-order chi connectivity index (χ0) is 18.3. The van der Waals surface area contributed by atoms with Gasteiger partial charge in [0.05, 0.1) is 11.9 Å². The average molecular weight is 478 g/mol. The molecule has 0 aromatic carbocycles. The average Bonchev–Trinajstić information content (AvgIpc) is 2.54. The molecule has 25 heavy (non-hydrogen) atoms. The Morgan fingerprint density at radius 1 is 0.600 bits per heavy atom. The molecule has 0 aromatic rings. The van der Waals surface area contributed by atoms with Crippen molar-refractivity contribution in [3.8, 4) is 0 Å². The Kier molecular flexibility index (Phi) is 19.9. The SMILES string of the molecule is CCCCCCCCCCCCC(CCCCC)(C(=O)[O-])C(=O)[O-].[Ba+2]. The molecule has 0 bridgehead atoms. The molecule has 0 atom stereocenters. The van der Waals surface area contributed by atoms with Crippen molar-refractivity contribution in [2.75, 3.05) is 0 Å². The van der Waals surface area contributed by atoms with Crippen LogP contribution in [-0.4, -0.2) is 60.8 Å². The number of rotatable bonds is 17. The van der Waals surface area contributed by atoms with Gasteiger partial charge in [0, 0.05) is 5.41 Å². The summed E-state index contributed by atoms with van der Waals surface area (Å²) in [7, 11) is 0. The number of aliphatic carboxylic acids is 2. The molecule has 0 unspecified atom stereocenters. The minimum Gasteiger partial charge on any atom is -0.549 e. The summed E-state index contributed by atoms with van der Waals surface area (Å²) >= 11 is 0. The van der Waals surface area contributed by atoms with Crippen LogP contribution >= 0.6 is 0 Å². The van der Waals surface area contributed by atoms with Gasteiger partial charge in [0.2, 0.25) is 0 Å². The van der Waals surface area contributed by atoms with E-state index in [0.717, 1.165) is 32.1 Å². The summed E-state index contributed by atoms with van der Waals surface area (Å²) in [5.41, 5.74) is -1.80. The van der Waals surface area contributed by atoms with E-state index in [0.29, 0.717) is 12.8 Å². The van der Waals surface area contributed by atoms with Crippen LogP contribution in [0.1, 0.15) is 110 Å². The summed E-state index contributed by atoms with van der Waals surface area (Å²) in [6.45, 7) is 4.21. The van der Waals surface area contributed by atoms with Crippen LogP contribution in [0.25, 0.3) is 0 Å². The minimum atomic E-state index is -1.80. The molecule has 0 aromatic heterocycles. The van der Waals surface area contributed by atoms with Crippen LogP contribution < -0.4 is 10.2 Å². The van der Waals surface area contributed by atoms with Gasteiger partial charge in [-0.25, -0.2) is 0 Å². The van der Waals surface area contributed by atoms with Crippen molar-refractivity contribution < 1.29 is 19.8 Å². The van der Waals surface area contributed by atoms with Crippen LogP contribution in [0.15, 0.2) is 0 Å². The molecule has 0 aliphatic heterocycles. The first-order chi connectivity index (χ1) is 11.5. The number of hydrogen-bond donors (Lipinski definition) is 0. The van der Waals surface area contributed by atoms with Crippen molar-refractivity contribution in [1.29, 1.82) is 0 Å². The number of carbonyl (C=O) groups is 2. The summed E-state index contributed by atoms with van der Waals surface area (Å²) < 4.78 is 0. The van der Waals surface area contributed by atoms with Crippen molar-refractivity contribution in [3.05, 3.63) is 0 Å². The zero-order valence-corrected chi connectivity index (χ0v) is 20.9. The molecule has 0 aliphatic rings. The van der Waals surface area contributed by atoms with Gasteiger partial charge in [-0.05, 0) is 12.8 Å². The van der Waals surface area contributed by atoms with Gasteiger partial charge in [0.15, 0.2) is 0 Å². The molecule has 0 spiro atoms. The van der Waals surface area contributed by atoms with Crippen LogP contribution in [0, 0.1) is 5.41 Å². The largest absolute Gasteiger partial charge is 2.00 e. The third kappa shape index (κ3) is 12.5. The topological polar surface area (TPSA) is 80.3 Å². The van der Waals surface area contributed by atoms with Crippen molar-refractivity contribution in [2.45, 2.75) is 110 Å². The molecule has 0 saturated heterocycles. The maximum absolute atomic E-state index is 11.4. The Morgan fingerprint density at radius 3 is 1.24 bits per heavy atom. The third-order valence-corrected chi connectivity index (χ3v) is 4.95. The molecule has 5 heteroatoms. The predicted octanol–water partition coefficient (Wildman–Crippen LogP) is 2.98. The normalized spacial score (nSPS) is 11.1. The predicted molar refractivity (Wildman–Crippen MR) is 98.8 cm³/mol. The van der Waals surface area contributed by atoms with Crippen molar-refractivity contribution in [2.24, 2.45) is 5.41 Å². The Labute approximate surface area is 194 Å². The second-order valence-electron chi connectivity index (χ2n) is 7.05. The summed E-state index contributed by atoms with van der Waals surface area (Å²) in [4.78, 5) is 22.8. The number of carboxylic acid groups (broad SMARTS) is 2. The van der Waals surface area contributed by atoms with Gasteiger partial charge in [-0.2, -0.15) is 0 Å². The maximum atomic E-state index is 11.4. The van der Waals surface area contributed by atoms with Crippen molar-refractivity contribution in [1.82, 2.24) is 0 Å². The number of carbonyl (C=O) groups excluding carboxylic acids is 2. The fourth-order valence-electron chi connectivity index (χ4n) is 3.21. The first-order valence-electron chi connectivity index (χ1n) is 9.94. The molecule has 0 saturated carbocycles. The molecule has 0 fully saturated rings. The van der Waals surface area contributed by atoms with Gasteiger partial charge in [-0.15, -0.1) is 0 Å². The van der Waals surface area contributed by atoms with Crippen LogP contribution in [0.2, 0.25) is 0 Å².